The highest BCUT2D eigenvalue weighted by molar-refractivity contribution is 7.15. The molecule has 0 atom stereocenters. The van der Waals surface area contributed by atoms with Gasteiger partial charge in [-0.3, -0.25) is 14.9 Å². The smallest absolute Gasteiger partial charge is 0.250 e. The molecule has 2 amide bonds. The monoisotopic (exact) mass is 347 g/mol. The van der Waals surface area contributed by atoms with Gasteiger partial charge < -0.3 is 5.32 Å². The number of nitrogens with zero attached hydrogens (tertiary/aromatic N) is 3. The van der Waals surface area contributed by atoms with Gasteiger partial charge in [-0.15, -0.1) is 16.4 Å². The summed E-state index contributed by atoms with van der Waals surface area (Å²) in [6, 6.07) is 5.41. The molecule has 0 aliphatic heterocycles. The van der Waals surface area contributed by atoms with Crippen molar-refractivity contribution >= 4 is 39.7 Å². The number of nitrogens with one attached hydrogen (secondary N) is 2. The number of halogens is 1. The standard InChI is InChI=1S/C15H14FN5O2S/c1-9-8-24-15-19-14(20-21(9)15)18-13(23)7-6-12(22)17-11-4-2-10(16)3-5-11/h2-5,8H,6-7H2,1H3,(H,17,22)(H,18,20,23). The predicted octanol–water partition coefficient (Wildman–Crippen LogP) is 2.60. The molecule has 9 heteroatoms. The fraction of sp³-hybridized carbons (Fsp3) is 0.200. The van der Waals surface area contributed by atoms with Crippen LogP contribution in [0.2, 0.25) is 0 Å². The minimum Gasteiger partial charge on any atom is -0.326 e. The number of rotatable bonds is 5. The second-order valence-corrected chi connectivity index (χ2v) is 5.95. The molecule has 0 fully saturated rings. The summed E-state index contributed by atoms with van der Waals surface area (Å²) in [7, 11) is 0. The van der Waals surface area contributed by atoms with Crippen molar-refractivity contribution in [2.24, 2.45) is 0 Å². The Morgan fingerprint density at radius 1 is 1.17 bits per heavy atom. The fourth-order valence-electron chi connectivity index (χ4n) is 2.02. The van der Waals surface area contributed by atoms with Gasteiger partial charge in [-0.2, -0.15) is 4.98 Å². The molecule has 0 spiro atoms. The third-order valence-electron chi connectivity index (χ3n) is 3.20. The molecule has 124 valence electrons. The van der Waals surface area contributed by atoms with Crippen LogP contribution in [-0.4, -0.2) is 26.4 Å². The number of aromatic nitrogens is 3. The van der Waals surface area contributed by atoms with Crippen molar-refractivity contribution in [1.29, 1.82) is 0 Å². The van der Waals surface area contributed by atoms with Crippen LogP contribution >= 0.6 is 11.3 Å². The number of amides is 2. The summed E-state index contributed by atoms with van der Waals surface area (Å²) in [4.78, 5) is 28.5. The van der Waals surface area contributed by atoms with Gasteiger partial charge in [0.1, 0.15) is 5.82 Å². The third kappa shape index (κ3) is 3.74. The molecule has 2 aromatic heterocycles. The van der Waals surface area contributed by atoms with E-state index in [1.807, 2.05) is 12.3 Å². The van der Waals surface area contributed by atoms with Crippen molar-refractivity contribution in [3.8, 4) is 0 Å². The number of anilines is 2. The normalized spacial score (nSPS) is 10.8. The lowest BCUT2D eigenvalue weighted by atomic mass is 10.2. The Kier molecular flexibility index (Phi) is 4.52. The summed E-state index contributed by atoms with van der Waals surface area (Å²) in [5.74, 6) is -0.837. The number of fused-ring (bicyclic) bond motifs is 1. The van der Waals surface area contributed by atoms with E-state index in [1.165, 1.54) is 35.6 Å². The number of benzene rings is 1. The Morgan fingerprint density at radius 3 is 2.50 bits per heavy atom. The SMILES string of the molecule is Cc1csc2nc(NC(=O)CCC(=O)Nc3ccc(F)cc3)nn12. The van der Waals surface area contributed by atoms with Crippen molar-refractivity contribution in [3.63, 3.8) is 0 Å². The van der Waals surface area contributed by atoms with E-state index in [0.717, 1.165) is 5.69 Å². The van der Waals surface area contributed by atoms with Gasteiger partial charge >= 0.3 is 0 Å². The molecule has 2 N–H and O–H groups in total. The van der Waals surface area contributed by atoms with Gasteiger partial charge in [0.05, 0.1) is 5.69 Å². The summed E-state index contributed by atoms with van der Waals surface area (Å²) in [5.41, 5.74) is 1.41. The fourth-order valence-corrected chi connectivity index (χ4v) is 2.82. The highest BCUT2D eigenvalue weighted by Crippen LogP contribution is 2.15. The van der Waals surface area contributed by atoms with Crippen LogP contribution in [0.1, 0.15) is 18.5 Å². The molecule has 24 heavy (non-hydrogen) atoms. The summed E-state index contributed by atoms with van der Waals surface area (Å²) >= 11 is 1.43. The van der Waals surface area contributed by atoms with Gasteiger partial charge in [-0.1, -0.05) is 0 Å². The first kappa shape index (κ1) is 16.1. The Morgan fingerprint density at radius 2 is 1.83 bits per heavy atom. The van der Waals surface area contributed by atoms with Crippen LogP contribution in [0, 0.1) is 12.7 Å². The topological polar surface area (TPSA) is 88.4 Å². The van der Waals surface area contributed by atoms with Crippen molar-refractivity contribution < 1.29 is 14.0 Å². The van der Waals surface area contributed by atoms with Gasteiger partial charge in [-0.25, -0.2) is 8.91 Å². The summed E-state index contributed by atoms with van der Waals surface area (Å²) in [6.45, 7) is 1.89. The minimum absolute atomic E-state index is 0.00113. The number of hydrogen-bond donors (Lipinski definition) is 2. The highest BCUT2D eigenvalue weighted by atomic mass is 32.1. The lowest BCUT2D eigenvalue weighted by molar-refractivity contribution is -0.121. The molecular weight excluding hydrogens is 333 g/mol. The largest absolute Gasteiger partial charge is 0.326 e. The van der Waals surface area contributed by atoms with Crippen LogP contribution in [-0.2, 0) is 9.59 Å². The van der Waals surface area contributed by atoms with E-state index in [0.29, 0.717) is 10.6 Å². The maximum absolute atomic E-state index is 12.8. The predicted molar refractivity (Wildman–Crippen MR) is 88.5 cm³/mol. The van der Waals surface area contributed by atoms with Gasteiger partial charge in [0, 0.05) is 23.9 Å². The van der Waals surface area contributed by atoms with Gasteiger partial charge in [0.15, 0.2) is 0 Å². The average Bonchev–Trinajstić information content (AvgIpc) is 3.09. The molecule has 0 aliphatic carbocycles. The second-order valence-electron chi connectivity index (χ2n) is 5.11. The summed E-state index contributed by atoms with van der Waals surface area (Å²) in [6.07, 6.45) is 0.00330. The van der Waals surface area contributed by atoms with E-state index in [9.17, 15) is 14.0 Å². The molecule has 3 rings (SSSR count). The zero-order chi connectivity index (χ0) is 17.1. The Bertz CT molecular complexity index is 887. The molecule has 0 radical (unpaired) electrons. The number of aryl methyl sites for hydroxylation is 1. The number of carbonyl (C=O) groups is 2. The van der Waals surface area contributed by atoms with E-state index >= 15 is 0 Å². The Balaban J connectivity index is 1.49. The number of carbonyl (C=O) groups excluding carboxylic acids is 2. The van der Waals surface area contributed by atoms with E-state index in [2.05, 4.69) is 20.7 Å². The first-order valence-corrected chi connectivity index (χ1v) is 8.05. The lowest BCUT2D eigenvalue weighted by Crippen LogP contribution is -2.18. The van der Waals surface area contributed by atoms with Crippen molar-refractivity contribution in [2.75, 3.05) is 10.6 Å². The van der Waals surface area contributed by atoms with E-state index in [1.54, 1.807) is 4.52 Å². The molecule has 2 heterocycles. The average molecular weight is 347 g/mol. The van der Waals surface area contributed by atoms with Gasteiger partial charge in [0.2, 0.25) is 22.7 Å². The van der Waals surface area contributed by atoms with E-state index < -0.39 is 0 Å². The zero-order valence-corrected chi connectivity index (χ0v) is 13.6. The third-order valence-corrected chi connectivity index (χ3v) is 4.14. The van der Waals surface area contributed by atoms with Crippen LogP contribution in [0.15, 0.2) is 29.6 Å². The molecule has 0 saturated carbocycles. The minimum atomic E-state index is -0.380. The first-order chi connectivity index (χ1) is 11.5. The summed E-state index contributed by atoms with van der Waals surface area (Å²) in [5, 5.41) is 11.2. The molecule has 7 nitrogen and oxygen atoms in total. The second kappa shape index (κ2) is 6.75. The zero-order valence-electron chi connectivity index (χ0n) is 12.7. The van der Waals surface area contributed by atoms with Gasteiger partial charge in [-0.05, 0) is 31.2 Å². The van der Waals surface area contributed by atoms with Crippen LogP contribution in [0.3, 0.4) is 0 Å². The molecule has 3 aromatic rings. The van der Waals surface area contributed by atoms with Crippen LogP contribution in [0.5, 0.6) is 0 Å². The Hall–Kier alpha value is -2.81. The summed E-state index contributed by atoms with van der Waals surface area (Å²) < 4.78 is 14.4. The molecular formula is C15H14FN5O2S. The van der Waals surface area contributed by atoms with E-state index in [4.69, 9.17) is 0 Å². The van der Waals surface area contributed by atoms with Crippen LogP contribution in [0.25, 0.3) is 4.96 Å². The van der Waals surface area contributed by atoms with Crippen LogP contribution < -0.4 is 10.6 Å². The lowest BCUT2D eigenvalue weighted by Gasteiger charge is -2.05. The quantitative estimate of drug-likeness (QED) is 0.742. The Labute approximate surface area is 140 Å². The highest BCUT2D eigenvalue weighted by Gasteiger charge is 2.12. The molecule has 0 aliphatic rings. The number of hydrogen-bond acceptors (Lipinski definition) is 5. The van der Waals surface area contributed by atoms with Gasteiger partial charge in [0.25, 0.3) is 0 Å². The van der Waals surface area contributed by atoms with Crippen LogP contribution in [0.4, 0.5) is 16.0 Å². The first-order valence-electron chi connectivity index (χ1n) is 7.17. The molecule has 0 unspecified atom stereocenters. The van der Waals surface area contributed by atoms with E-state index in [-0.39, 0.29) is 36.4 Å². The molecule has 1 aromatic carbocycles. The molecule has 0 saturated heterocycles. The van der Waals surface area contributed by atoms with Crippen molar-refractivity contribution in [2.45, 2.75) is 19.8 Å². The van der Waals surface area contributed by atoms with Crippen molar-refractivity contribution in [1.82, 2.24) is 14.6 Å². The molecule has 0 bridgehead atoms. The van der Waals surface area contributed by atoms with Crippen molar-refractivity contribution in [3.05, 3.63) is 41.2 Å². The maximum Gasteiger partial charge on any atom is 0.250 e. The maximum atomic E-state index is 12.8. The number of thiazole rings is 1.